The van der Waals surface area contributed by atoms with E-state index < -0.39 is 34.6 Å². The van der Waals surface area contributed by atoms with E-state index in [0.29, 0.717) is 6.07 Å². The Balaban J connectivity index is 2.14. The van der Waals surface area contributed by atoms with Gasteiger partial charge in [0.05, 0.1) is 11.3 Å². The lowest BCUT2D eigenvalue weighted by atomic mass is 10.1. The first kappa shape index (κ1) is 14.6. The standard InChI is InChI=1S/C14H8F4OS/c15-9-3-1-2-4-12(9)20-7-11(19)8-5-6-10(16)14(18)13(8)17/h1-6H,7H2. The Morgan fingerprint density at radius 2 is 1.60 bits per heavy atom. The van der Waals surface area contributed by atoms with Crippen molar-refractivity contribution in [1.82, 2.24) is 0 Å². The molecule has 6 heteroatoms. The Kier molecular flexibility index (Phi) is 4.44. The van der Waals surface area contributed by atoms with Crippen molar-refractivity contribution in [2.75, 3.05) is 5.75 Å². The summed E-state index contributed by atoms with van der Waals surface area (Å²) in [7, 11) is 0. The average Bonchev–Trinajstić information content (AvgIpc) is 2.44. The van der Waals surface area contributed by atoms with E-state index in [2.05, 4.69) is 0 Å². The van der Waals surface area contributed by atoms with Crippen molar-refractivity contribution >= 4 is 17.5 Å². The minimum Gasteiger partial charge on any atom is -0.293 e. The number of ketones is 1. The summed E-state index contributed by atoms with van der Waals surface area (Å²) in [5.74, 6) is -6.09. The molecular weight excluding hydrogens is 292 g/mol. The summed E-state index contributed by atoms with van der Waals surface area (Å²) in [5.41, 5.74) is -0.548. The van der Waals surface area contributed by atoms with Gasteiger partial charge in [-0.05, 0) is 24.3 Å². The molecule has 0 saturated carbocycles. The molecule has 2 rings (SSSR count). The van der Waals surface area contributed by atoms with Crippen molar-refractivity contribution in [2.24, 2.45) is 0 Å². The van der Waals surface area contributed by atoms with Crippen LogP contribution in [0.5, 0.6) is 0 Å². The zero-order chi connectivity index (χ0) is 14.7. The lowest BCUT2D eigenvalue weighted by Gasteiger charge is -2.05. The lowest BCUT2D eigenvalue weighted by Crippen LogP contribution is -2.08. The smallest absolute Gasteiger partial charge is 0.195 e. The van der Waals surface area contributed by atoms with E-state index in [1.807, 2.05) is 0 Å². The van der Waals surface area contributed by atoms with E-state index in [4.69, 9.17) is 0 Å². The Morgan fingerprint density at radius 3 is 2.30 bits per heavy atom. The molecule has 0 unspecified atom stereocenters. The molecule has 0 heterocycles. The van der Waals surface area contributed by atoms with Gasteiger partial charge in [0.15, 0.2) is 23.2 Å². The number of thioether (sulfide) groups is 1. The van der Waals surface area contributed by atoms with Gasteiger partial charge in [0.25, 0.3) is 0 Å². The first-order valence-corrected chi connectivity index (χ1v) is 6.53. The highest BCUT2D eigenvalue weighted by Gasteiger charge is 2.19. The van der Waals surface area contributed by atoms with Gasteiger partial charge in [-0.3, -0.25) is 4.79 Å². The fraction of sp³-hybridized carbons (Fsp3) is 0.0714. The molecule has 0 fully saturated rings. The molecule has 104 valence electrons. The van der Waals surface area contributed by atoms with Crippen molar-refractivity contribution in [3.63, 3.8) is 0 Å². The van der Waals surface area contributed by atoms with E-state index in [9.17, 15) is 22.4 Å². The molecular formula is C14H8F4OS. The van der Waals surface area contributed by atoms with Crippen LogP contribution in [0.2, 0.25) is 0 Å². The highest BCUT2D eigenvalue weighted by atomic mass is 32.2. The monoisotopic (exact) mass is 300 g/mol. The van der Waals surface area contributed by atoms with Crippen LogP contribution < -0.4 is 0 Å². The summed E-state index contributed by atoms with van der Waals surface area (Å²) < 4.78 is 52.5. The van der Waals surface area contributed by atoms with Crippen LogP contribution in [0, 0.1) is 23.3 Å². The number of carbonyl (C=O) groups is 1. The Morgan fingerprint density at radius 1 is 0.900 bits per heavy atom. The maximum atomic E-state index is 13.4. The van der Waals surface area contributed by atoms with Crippen molar-refractivity contribution in [3.8, 4) is 0 Å². The molecule has 0 atom stereocenters. The Labute approximate surface area is 116 Å². The fourth-order valence-corrected chi connectivity index (χ4v) is 2.35. The van der Waals surface area contributed by atoms with Crippen molar-refractivity contribution in [3.05, 3.63) is 65.2 Å². The largest absolute Gasteiger partial charge is 0.293 e. The predicted octanol–water partition coefficient (Wildman–Crippen LogP) is 4.22. The maximum absolute atomic E-state index is 13.4. The molecule has 0 radical (unpaired) electrons. The zero-order valence-electron chi connectivity index (χ0n) is 10.00. The van der Waals surface area contributed by atoms with Crippen LogP contribution in [0.25, 0.3) is 0 Å². The third kappa shape index (κ3) is 3.01. The van der Waals surface area contributed by atoms with Crippen LogP contribution in [0.4, 0.5) is 17.6 Å². The van der Waals surface area contributed by atoms with Crippen LogP contribution in [-0.2, 0) is 0 Å². The van der Waals surface area contributed by atoms with E-state index in [-0.39, 0.29) is 10.6 Å². The van der Waals surface area contributed by atoms with Crippen LogP contribution >= 0.6 is 11.8 Å². The predicted molar refractivity (Wildman–Crippen MR) is 67.8 cm³/mol. The van der Waals surface area contributed by atoms with Crippen LogP contribution in [0.3, 0.4) is 0 Å². The van der Waals surface area contributed by atoms with Gasteiger partial charge in [-0.1, -0.05) is 12.1 Å². The maximum Gasteiger partial charge on any atom is 0.195 e. The highest BCUT2D eigenvalue weighted by molar-refractivity contribution is 8.00. The highest BCUT2D eigenvalue weighted by Crippen LogP contribution is 2.23. The van der Waals surface area contributed by atoms with Crippen LogP contribution in [0.1, 0.15) is 10.4 Å². The van der Waals surface area contributed by atoms with Crippen LogP contribution in [-0.4, -0.2) is 11.5 Å². The van der Waals surface area contributed by atoms with E-state index in [0.717, 1.165) is 17.8 Å². The molecule has 0 bridgehead atoms. The van der Waals surface area contributed by atoms with Gasteiger partial charge < -0.3 is 0 Å². The Hall–Kier alpha value is -1.82. The second kappa shape index (κ2) is 6.09. The molecule has 2 aromatic rings. The molecule has 0 aliphatic heterocycles. The molecule has 0 N–H and O–H groups in total. The molecule has 1 nitrogen and oxygen atoms in total. The number of hydrogen-bond acceptors (Lipinski definition) is 2. The molecule has 20 heavy (non-hydrogen) atoms. The van der Waals surface area contributed by atoms with Gasteiger partial charge >= 0.3 is 0 Å². The van der Waals surface area contributed by atoms with Gasteiger partial charge in [-0.25, -0.2) is 17.6 Å². The van der Waals surface area contributed by atoms with Crippen molar-refractivity contribution in [1.29, 1.82) is 0 Å². The van der Waals surface area contributed by atoms with Crippen molar-refractivity contribution in [2.45, 2.75) is 4.90 Å². The molecule has 2 aromatic carbocycles. The molecule has 0 aliphatic carbocycles. The number of carbonyl (C=O) groups excluding carboxylic acids is 1. The van der Waals surface area contributed by atoms with Crippen LogP contribution in [0.15, 0.2) is 41.3 Å². The van der Waals surface area contributed by atoms with E-state index in [1.54, 1.807) is 6.07 Å². The number of rotatable bonds is 4. The van der Waals surface area contributed by atoms with E-state index >= 15 is 0 Å². The van der Waals surface area contributed by atoms with E-state index in [1.165, 1.54) is 18.2 Å². The molecule has 0 aliphatic rings. The molecule has 0 saturated heterocycles. The minimum atomic E-state index is -1.69. The first-order valence-electron chi connectivity index (χ1n) is 5.54. The van der Waals surface area contributed by atoms with Gasteiger partial charge in [0, 0.05) is 4.90 Å². The summed E-state index contributed by atoms with van der Waals surface area (Å²) in [6.07, 6.45) is 0. The number of Topliss-reactive ketones (excluding diaryl/α,β-unsaturated/α-hetero) is 1. The third-order valence-electron chi connectivity index (χ3n) is 2.53. The summed E-state index contributed by atoms with van der Waals surface area (Å²) in [6, 6.07) is 7.33. The minimum absolute atomic E-state index is 0.226. The molecule has 0 aromatic heterocycles. The Bertz CT molecular complexity index is 658. The number of benzene rings is 2. The quantitative estimate of drug-likeness (QED) is 0.364. The normalized spacial score (nSPS) is 10.6. The second-order valence-electron chi connectivity index (χ2n) is 3.87. The SMILES string of the molecule is O=C(CSc1ccccc1F)c1ccc(F)c(F)c1F. The number of halogens is 4. The molecule has 0 spiro atoms. The van der Waals surface area contributed by atoms with Gasteiger partial charge in [0.2, 0.25) is 0 Å². The fourth-order valence-electron chi connectivity index (χ4n) is 1.52. The van der Waals surface area contributed by atoms with Gasteiger partial charge in [-0.2, -0.15) is 0 Å². The lowest BCUT2D eigenvalue weighted by molar-refractivity contribution is 0.101. The summed E-state index contributed by atoms with van der Waals surface area (Å²) >= 11 is 0.861. The summed E-state index contributed by atoms with van der Waals surface area (Å²) in [4.78, 5) is 12.0. The third-order valence-corrected chi connectivity index (χ3v) is 3.58. The molecule has 0 amide bonds. The number of hydrogen-bond donors (Lipinski definition) is 0. The topological polar surface area (TPSA) is 17.1 Å². The second-order valence-corrected chi connectivity index (χ2v) is 4.88. The van der Waals surface area contributed by atoms with Gasteiger partial charge in [-0.15, -0.1) is 11.8 Å². The summed E-state index contributed by atoms with van der Waals surface area (Å²) in [6.45, 7) is 0. The van der Waals surface area contributed by atoms with Crippen molar-refractivity contribution < 1.29 is 22.4 Å². The summed E-state index contributed by atoms with van der Waals surface area (Å²) in [5, 5.41) is 0. The zero-order valence-corrected chi connectivity index (χ0v) is 10.8. The first-order chi connectivity index (χ1) is 9.50. The average molecular weight is 300 g/mol. The van der Waals surface area contributed by atoms with Gasteiger partial charge in [0.1, 0.15) is 5.82 Å².